The number of amides is 2. The van der Waals surface area contributed by atoms with Gasteiger partial charge in [0.05, 0.1) is 17.2 Å². The van der Waals surface area contributed by atoms with Gasteiger partial charge in [-0.1, -0.05) is 36.4 Å². The molecule has 0 spiro atoms. The molecule has 1 atom stereocenters. The summed E-state index contributed by atoms with van der Waals surface area (Å²) in [6, 6.07) is 13.5. The number of aldehydes is 1. The van der Waals surface area contributed by atoms with Gasteiger partial charge in [0.1, 0.15) is 11.4 Å². The Labute approximate surface area is 175 Å². The summed E-state index contributed by atoms with van der Waals surface area (Å²) in [6.07, 6.45) is 0.0858. The van der Waals surface area contributed by atoms with Crippen molar-refractivity contribution in [1.82, 2.24) is 9.80 Å². The van der Waals surface area contributed by atoms with Crippen LogP contribution >= 0.6 is 0 Å². The lowest BCUT2D eigenvalue weighted by Crippen LogP contribution is -2.53. The van der Waals surface area contributed by atoms with Gasteiger partial charge in [0, 0.05) is 19.6 Å². The van der Waals surface area contributed by atoms with Crippen LogP contribution in [0.1, 0.15) is 53.1 Å². The van der Waals surface area contributed by atoms with Gasteiger partial charge in [-0.2, -0.15) is 0 Å². The molecular weight excluding hydrogens is 384 g/mol. The van der Waals surface area contributed by atoms with Crippen LogP contribution in [-0.2, 0) is 4.74 Å². The third kappa shape index (κ3) is 4.62. The van der Waals surface area contributed by atoms with E-state index in [1.165, 1.54) is 12.1 Å². The van der Waals surface area contributed by atoms with Crippen LogP contribution in [-0.4, -0.2) is 58.4 Å². The van der Waals surface area contributed by atoms with Gasteiger partial charge < -0.3 is 19.6 Å². The van der Waals surface area contributed by atoms with Crippen LogP contribution in [0.15, 0.2) is 48.5 Å². The van der Waals surface area contributed by atoms with E-state index in [1.807, 2.05) is 51.1 Å². The lowest BCUT2D eigenvalue weighted by Gasteiger charge is -2.42. The van der Waals surface area contributed by atoms with Crippen LogP contribution in [0.3, 0.4) is 0 Å². The largest absolute Gasteiger partial charge is 0.506 e. The lowest BCUT2D eigenvalue weighted by atomic mass is 10.00. The Morgan fingerprint density at radius 1 is 1.07 bits per heavy atom. The number of piperazine rings is 1. The number of para-hydroxylation sites is 1. The van der Waals surface area contributed by atoms with Gasteiger partial charge in [-0.05, 0) is 38.5 Å². The number of carbonyl (C=O) groups is 3. The molecule has 1 fully saturated rings. The minimum Gasteiger partial charge on any atom is -0.506 e. The van der Waals surface area contributed by atoms with Gasteiger partial charge in [-0.25, -0.2) is 4.79 Å². The van der Waals surface area contributed by atoms with E-state index < -0.39 is 23.6 Å². The molecule has 1 unspecified atom stereocenters. The third-order valence-electron chi connectivity index (χ3n) is 4.90. The molecule has 2 aromatic rings. The molecule has 1 aliphatic heterocycles. The minimum absolute atomic E-state index is 0.0597. The van der Waals surface area contributed by atoms with Crippen LogP contribution in [0.25, 0.3) is 0 Å². The first-order valence-corrected chi connectivity index (χ1v) is 9.82. The number of phenols is 1. The predicted molar refractivity (Wildman–Crippen MR) is 112 cm³/mol. The van der Waals surface area contributed by atoms with Gasteiger partial charge in [-0.3, -0.25) is 9.59 Å². The molecule has 2 aromatic carbocycles. The zero-order valence-electron chi connectivity index (χ0n) is 17.4. The second-order valence-electron chi connectivity index (χ2n) is 8.21. The van der Waals surface area contributed by atoms with Gasteiger partial charge in [0.25, 0.3) is 5.91 Å². The summed E-state index contributed by atoms with van der Waals surface area (Å²) < 4.78 is 5.50. The normalized spacial score (nSPS) is 16.8. The Bertz CT molecular complexity index is 936. The van der Waals surface area contributed by atoms with Crippen molar-refractivity contribution in [3.63, 3.8) is 0 Å². The lowest BCUT2D eigenvalue weighted by molar-refractivity contribution is 0.00400. The number of benzene rings is 2. The molecule has 7 heteroatoms. The Kier molecular flexibility index (Phi) is 6.10. The summed E-state index contributed by atoms with van der Waals surface area (Å²) in [5, 5.41) is 10.4. The van der Waals surface area contributed by atoms with E-state index in [4.69, 9.17) is 4.74 Å². The number of aromatic hydroxyl groups is 1. The zero-order chi connectivity index (χ0) is 21.9. The summed E-state index contributed by atoms with van der Waals surface area (Å²) in [5.41, 5.74) is 0.369. The molecule has 0 bridgehead atoms. The fourth-order valence-electron chi connectivity index (χ4n) is 3.46. The minimum atomic E-state index is -0.618. The van der Waals surface area contributed by atoms with Crippen molar-refractivity contribution in [2.75, 3.05) is 19.6 Å². The zero-order valence-corrected chi connectivity index (χ0v) is 17.4. The fraction of sp³-hybridized carbons (Fsp3) is 0.348. The Morgan fingerprint density at radius 2 is 1.77 bits per heavy atom. The van der Waals surface area contributed by atoms with E-state index in [2.05, 4.69) is 0 Å². The molecule has 158 valence electrons. The first kappa shape index (κ1) is 21.4. The number of nitrogens with zero attached hydrogens (tertiary/aromatic N) is 2. The smallest absolute Gasteiger partial charge is 0.410 e. The topological polar surface area (TPSA) is 87.2 Å². The first-order valence-electron chi connectivity index (χ1n) is 9.82. The predicted octanol–water partition coefficient (Wildman–Crippen LogP) is 3.64. The Balaban J connectivity index is 1.91. The van der Waals surface area contributed by atoms with Crippen molar-refractivity contribution < 1.29 is 24.2 Å². The van der Waals surface area contributed by atoms with E-state index in [9.17, 15) is 19.5 Å². The van der Waals surface area contributed by atoms with E-state index in [0.29, 0.717) is 12.8 Å². The molecule has 0 aromatic heterocycles. The highest BCUT2D eigenvalue weighted by Gasteiger charge is 2.36. The summed E-state index contributed by atoms with van der Waals surface area (Å²) in [6.45, 7) is 6.26. The van der Waals surface area contributed by atoms with Gasteiger partial charge in [0.15, 0.2) is 6.29 Å². The van der Waals surface area contributed by atoms with Crippen molar-refractivity contribution in [1.29, 1.82) is 0 Å². The fourth-order valence-corrected chi connectivity index (χ4v) is 3.46. The molecule has 1 N–H and O–H groups in total. The van der Waals surface area contributed by atoms with Gasteiger partial charge in [-0.15, -0.1) is 0 Å². The van der Waals surface area contributed by atoms with Crippen molar-refractivity contribution >= 4 is 18.3 Å². The van der Waals surface area contributed by atoms with Crippen LogP contribution < -0.4 is 0 Å². The monoisotopic (exact) mass is 410 g/mol. The standard InChI is InChI=1S/C23H26N2O5/c1-23(2,3)30-22(29)24-12-13-25(19(14-24)16-8-5-4-6-9-16)21(28)18-11-7-10-17(15-26)20(18)27/h4-11,15,19,27H,12-14H2,1-3H3. The number of hydrogen-bond donors (Lipinski definition) is 1. The maximum atomic E-state index is 13.3. The van der Waals surface area contributed by atoms with E-state index >= 15 is 0 Å². The maximum Gasteiger partial charge on any atom is 0.410 e. The van der Waals surface area contributed by atoms with Crippen LogP contribution in [0.5, 0.6) is 5.75 Å². The highest BCUT2D eigenvalue weighted by Crippen LogP contribution is 2.31. The molecule has 7 nitrogen and oxygen atoms in total. The average molecular weight is 410 g/mol. The summed E-state index contributed by atoms with van der Waals surface area (Å²) >= 11 is 0. The van der Waals surface area contributed by atoms with E-state index in [0.717, 1.165) is 5.56 Å². The molecule has 1 saturated heterocycles. The highest BCUT2D eigenvalue weighted by atomic mass is 16.6. The maximum absolute atomic E-state index is 13.3. The molecule has 1 heterocycles. The van der Waals surface area contributed by atoms with Crippen molar-refractivity contribution in [2.24, 2.45) is 0 Å². The second-order valence-corrected chi connectivity index (χ2v) is 8.21. The van der Waals surface area contributed by atoms with Crippen LogP contribution in [0, 0.1) is 0 Å². The molecule has 1 aliphatic rings. The summed E-state index contributed by atoms with van der Waals surface area (Å²) in [4.78, 5) is 40.3. The molecule has 2 amide bonds. The molecule has 0 radical (unpaired) electrons. The highest BCUT2D eigenvalue weighted by molar-refractivity contribution is 6.00. The van der Waals surface area contributed by atoms with Crippen LogP contribution in [0.4, 0.5) is 4.79 Å². The Hall–Kier alpha value is -3.35. The molecule has 3 rings (SSSR count). The van der Waals surface area contributed by atoms with Crippen molar-refractivity contribution in [3.8, 4) is 5.75 Å². The van der Waals surface area contributed by atoms with Crippen LogP contribution in [0.2, 0.25) is 0 Å². The number of hydrogen-bond acceptors (Lipinski definition) is 5. The third-order valence-corrected chi connectivity index (χ3v) is 4.90. The average Bonchev–Trinajstić information content (AvgIpc) is 2.72. The molecular formula is C23H26N2O5. The number of phenolic OH excluding ortho intramolecular Hbond substituents is 1. The van der Waals surface area contributed by atoms with Crippen molar-refractivity contribution in [2.45, 2.75) is 32.4 Å². The van der Waals surface area contributed by atoms with Gasteiger partial charge in [0.2, 0.25) is 0 Å². The van der Waals surface area contributed by atoms with Gasteiger partial charge >= 0.3 is 6.09 Å². The number of rotatable bonds is 3. The molecule has 0 aliphatic carbocycles. The quantitative estimate of drug-likeness (QED) is 0.781. The second kappa shape index (κ2) is 8.57. The SMILES string of the molecule is CC(C)(C)OC(=O)N1CCN(C(=O)c2cccc(C=O)c2O)C(c2ccccc2)C1. The number of carbonyl (C=O) groups excluding carboxylic acids is 3. The Morgan fingerprint density at radius 3 is 2.40 bits per heavy atom. The van der Waals surface area contributed by atoms with E-state index in [1.54, 1.807) is 15.9 Å². The summed E-state index contributed by atoms with van der Waals surface area (Å²) in [5.74, 6) is -0.729. The van der Waals surface area contributed by atoms with Crippen molar-refractivity contribution in [3.05, 3.63) is 65.2 Å². The van der Waals surface area contributed by atoms with E-state index in [-0.39, 0.29) is 30.0 Å². The molecule has 30 heavy (non-hydrogen) atoms. The first-order chi connectivity index (χ1) is 14.2. The molecule has 0 saturated carbocycles. The number of ether oxygens (including phenoxy) is 1. The summed E-state index contributed by atoms with van der Waals surface area (Å²) in [7, 11) is 0.